The van der Waals surface area contributed by atoms with Crippen LogP contribution in [-0.2, 0) is 0 Å². The summed E-state index contributed by atoms with van der Waals surface area (Å²) in [5.74, 6) is 0.0693. The molecule has 2 aromatic rings. The minimum atomic E-state index is -0.0959. The van der Waals surface area contributed by atoms with E-state index in [1.165, 1.54) is 11.8 Å². The molecule has 0 amide bonds. The maximum atomic E-state index is 12.7. The van der Waals surface area contributed by atoms with Crippen molar-refractivity contribution in [1.82, 2.24) is 0 Å². The molecule has 0 bridgehead atoms. The monoisotopic (exact) mass is 427 g/mol. The van der Waals surface area contributed by atoms with Crippen LogP contribution in [0.25, 0.3) is 11.1 Å². The zero-order valence-electron chi connectivity index (χ0n) is 18.0. The lowest BCUT2D eigenvalue weighted by molar-refractivity contribution is 0.102. The number of carbonyl (C=O) groups excluding carboxylic acids is 1. The zero-order chi connectivity index (χ0) is 23.0. The summed E-state index contributed by atoms with van der Waals surface area (Å²) in [6, 6.07) is 21.7. The Hall–Kier alpha value is -3.54. The topological polar surface area (TPSA) is 90.7 Å². The van der Waals surface area contributed by atoms with Gasteiger partial charge in [0, 0.05) is 16.2 Å². The zero-order valence-corrected chi connectivity index (χ0v) is 18.8. The molecule has 0 aliphatic rings. The fraction of sp³-hybridized carbons (Fsp3) is 0.192. The van der Waals surface area contributed by atoms with Crippen LogP contribution in [0.3, 0.4) is 0 Å². The van der Waals surface area contributed by atoms with Crippen molar-refractivity contribution in [2.24, 2.45) is 11.7 Å². The molecule has 0 saturated heterocycles. The van der Waals surface area contributed by atoms with E-state index in [1.807, 2.05) is 68.4 Å². The lowest BCUT2D eigenvalue weighted by Crippen LogP contribution is -2.09. The van der Waals surface area contributed by atoms with Gasteiger partial charge in [-0.15, -0.1) is 11.8 Å². The number of nitrogens with zero attached hydrogens (tertiary/aromatic N) is 2. The largest absolute Gasteiger partial charge is 0.398 e. The predicted molar refractivity (Wildman–Crippen MR) is 128 cm³/mol. The molecule has 4 nitrogen and oxygen atoms in total. The summed E-state index contributed by atoms with van der Waals surface area (Å²) in [7, 11) is 0. The highest BCUT2D eigenvalue weighted by Crippen LogP contribution is 2.32. The Balaban J connectivity index is 2.23. The molecule has 2 N–H and O–H groups in total. The number of thioether (sulfide) groups is 1. The normalized spacial score (nSPS) is 12.3. The van der Waals surface area contributed by atoms with E-state index in [1.54, 1.807) is 6.92 Å². The highest BCUT2D eigenvalue weighted by atomic mass is 32.2. The molecule has 2 aromatic carbocycles. The minimum absolute atomic E-state index is 0.0277. The second-order valence-electron chi connectivity index (χ2n) is 7.28. The predicted octanol–water partition coefficient (Wildman–Crippen LogP) is 6.02. The summed E-state index contributed by atoms with van der Waals surface area (Å²) in [4.78, 5) is 13.4. The second-order valence-corrected chi connectivity index (χ2v) is 8.47. The number of hydrogen-bond acceptors (Lipinski definition) is 5. The molecule has 156 valence electrons. The first-order valence-electron chi connectivity index (χ1n) is 9.82. The molecule has 2 rings (SSSR count). The van der Waals surface area contributed by atoms with E-state index in [4.69, 9.17) is 5.73 Å². The average molecular weight is 428 g/mol. The first-order chi connectivity index (χ1) is 14.8. The second kappa shape index (κ2) is 11.0. The Morgan fingerprint density at radius 1 is 1.00 bits per heavy atom. The summed E-state index contributed by atoms with van der Waals surface area (Å²) in [5, 5.41) is 19.2. The van der Waals surface area contributed by atoms with Crippen molar-refractivity contribution < 1.29 is 4.79 Å². The van der Waals surface area contributed by atoms with Gasteiger partial charge < -0.3 is 5.73 Å². The molecule has 0 atom stereocenters. The lowest BCUT2D eigenvalue weighted by Gasteiger charge is -2.16. The molecular formula is C26H25N3OS. The van der Waals surface area contributed by atoms with Crippen LogP contribution in [0.4, 0.5) is 0 Å². The Labute approximate surface area is 188 Å². The number of benzene rings is 2. The van der Waals surface area contributed by atoms with Crippen LogP contribution >= 0.6 is 11.8 Å². The van der Waals surface area contributed by atoms with Crippen molar-refractivity contribution >= 4 is 17.5 Å². The van der Waals surface area contributed by atoms with Crippen LogP contribution in [0.5, 0.6) is 0 Å². The van der Waals surface area contributed by atoms with Gasteiger partial charge in [-0.05, 0) is 29.5 Å². The summed E-state index contributed by atoms with van der Waals surface area (Å²) in [6.45, 7) is 9.22. The van der Waals surface area contributed by atoms with Crippen LogP contribution < -0.4 is 5.73 Å². The third kappa shape index (κ3) is 5.98. The van der Waals surface area contributed by atoms with Crippen molar-refractivity contribution in [3.05, 3.63) is 94.1 Å². The standard InChI is InChI=1S/C26H25N3OS/c1-17(2)26(23(14-27)18(3)29)24(15-28)19(4)31-16-25(30)22-12-10-21(11-13-22)20-8-6-5-7-9-20/h5-13,17H,3,16,29H2,1-2,4H3/b24-19+,26-23-. The van der Waals surface area contributed by atoms with Crippen LogP contribution in [0, 0.1) is 28.6 Å². The van der Waals surface area contributed by atoms with Crippen molar-refractivity contribution in [1.29, 1.82) is 10.5 Å². The van der Waals surface area contributed by atoms with Crippen molar-refractivity contribution in [2.75, 3.05) is 5.75 Å². The fourth-order valence-electron chi connectivity index (χ4n) is 3.14. The van der Waals surface area contributed by atoms with Gasteiger partial charge in [0.1, 0.15) is 12.1 Å². The van der Waals surface area contributed by atoms with Gasteiger partial charge in [-0.2, -0.15) is 10.5 Å². The summed E-state index contributed by atoms with van der Waals surface area (Å²) < 4.78 is 0. The van der Waals surface area contributed by atoms with Gasteiger partial charge in [0.25, 0.3) is 0 Å². The molecule has 0 radical (unpaired) electrons. The van der Waals surface area contributed by atoms with Crippen molar-refractivity contribution in [2.45, 2.75) is 20.8 Å². The summed E-state index contributed by atoms with van der Waals surface area (Å²) >= 11 is 1.29. The third-order valence-corrected chi connectivity index (χ3v) is 5.79. The molecule has 0 spiro atoms. The number of nitriles is 2. The highest BCUT2D eigenvalue weighted by molar-refractivity contribution is 8.03. The van der Waals surface area contributed by atoms with E-state index in [9.17, 15) is 15.3 Å². The fourth-order valence-corrected chi connectivity index (χ4v) is 3.96. The highest BCUT2D eigenvalue weighted by Gasteiger charge is 2.20. The number of nitrogens with two attached hydrogens (primary N) is 1. The average Bonchev–Trinajstić information content (AvgIpc) is 2.77. The van der Waals surface area contributed by atoms with Gasteiger partial charge in [-0.1, -0.05) is 75.0 Å². The van der Waals surface area contributed by atoms with Gasteiger partial charge in [-0.25, -0.2) is 0 Å². The maximum Gasteiger partial charge on any atom is 0.173 e. The number of hydrogen-bond donors (Lipinski definition) is 1. The van der Waals surface area contributed by atoms with Crippen LogP contribution in [0.2, 0.25) is 0 Å². The molecule has 0 aliphatic heterocycles. The SMILES string of the molecule is C=C(N)/C(C#N)=C(\C(C#N)=C(/C)SCC(=O)c1ccc(-c2ccccc2)cc1)C(C)C. The van der Waals surface area contributed by atoms with Gasteiger partial charge in [0.2, 0.25) is 0 Å². The van der Waals surface area contributed by atoms with E-state index in [0.29, 0.717) is 21.6 Å². The maximum absolute atomic E-state index is 12.7. The van der Waals surface area contributed by atoms with E-state index in [-0.39, 0.29) is 28.7 Å². The molecular weight excluding hydrogens is 402 g/mol. The number of rotatable bonds is 8. The summed E-state index contributed by atoms with van der Waals surface area (Å²) in [5.41, 5.74) is 9.80. The number of carbonyl (C=O) groups is 1. The molecule has 0 unspecified atom stereocenters. The van der Waals surface area contributed by atoms with E-state index < -0.39 is 0 Å². The van der Waals surface area contributed by atoms with Gasteiger partial charge in [-0.3, -0.25) is 4.79 Å². The number of Topliss-reactive ketones (excluding diaryl/α,β-unsaturated/α-hetero) is 1. The molecule has 31 heavy (non-hydrogen) atoms. The van der Waals surface area contributed by atoms with E-state index >= 15 is 0 Å². The smallest absolute Gasteiger partial charge is 0.173 e. The third-order valence-electron chi connectivity index (χ3n) is 4.75. The number of ketones is 1. The quantitative estimate of drug-likeness (QED) is 0.316. The molecule has 0 aromatic heterocycles. The summed E-state index contributed by atoms with van der Waals surface area (Å²) in [6.07, 6.45) is 0. The molecule has 0 saturated carbocycles. The minimum Gasteiger partial charge on any atom is -0.398 e. The molecule has 5 heteroatoms. The Morgan fingerprint density at radius 3 is 2.03 bits per heavy atom. The molecule has 0 aliphatic carbocycles. The Kier molecular flexibility index (Phi) is 8.43. The van der Waals surface area contributed by atoms with Crippen LogP contribution in [0.15, 0.2) is 88.5 Å². The molecule has 0 heterocycles. The first kappa shape index (κ1) is 23.7. The van der Waals surface area contributed by atoms with Gasteiger partial charge in [0.05, 0.1) is 16.9 Å². The van der Waals surface area contributed by atoms with Gasteiger partial charge in [0.15, 0.2) is 5.78 Å². The van der Waals surface area contributed by atoms with E-state index in [2.05, 4.69) is 18.7 Å². The van der Waals surface area contributed by atoms with Crippen LogP contribution in [-0.4, -0.2) is 11.5 Å². The Bertz CT molecular complexity index is 1110. The van der Waals surface area contributed by atoms with Gasteiger partial charge >= 0.3 is 0 Å². The van der Waals surface area contributed by atoms with Crippen LogP contribution in [0.1, 0.15) is 31.1 Å². The van der Waals surface area contributed by atoms with Crippen molar-refractivity contribution in [3.63, 3.8) is 0 Å². The first-order valence-corrected chi connectivity index (χ1v) is 10.8. The van der Waals surface area contributed by atoms with E-state index in [0.717, 1.165) is 11.1 Å². The lowest BCUT2D eigenvalue weighted by atomic mass is 9.90. The Morgan fingerprint density at radius 2 is 1.55 bits per heavy atom. The number of allylic oxidation sites excluding steroid dienone is 4. The molecule has 0 fully saturated rings. The van der Waals surface area contributed by atoms with Crippen molar-refractivity contribution in [3.8, 4) is 23.3 Å².